The Kier molecular flexibility index (Phi) is 6.94. The van der Waals surface area contributed by atoms with Crippen molar-refractivity contribution in [1.29, 1.82) is 0 Å². The molecule has 0 aliphatic heterocycles. The van der Waals surface area contributed by atoms with Crippen LogP contribution in [0, 0.1) is 0 Å². The fourth-order valence-corrected chi connectivity index (χ4v) is 4.35. The number of sulfonamides is 1. The van der Waals surface area contributed by atoms with Crippen molar-refractivity contribution in [3.05, 3.63) is 34.3 Å². The second-order valence-corrected chi connectivity index (χ2v) is 8.80. The van der Waals surface area contributed by atoms with E-state index in [1.807, 2.05) is 24.3 Å². The fraction of sp³-hybridized carbons (Fsp3) is 0.500. The van der Waals surface area contributed by atoms with Crippen molar-refractivity contribution in [3.63, 3.8) is 0 Å². The second-order valence-electron chi connectivity index (χ2n) is 5.95. The van der Waals surface area contributed by atoms with Crippen molar-refractivity contribution in [2.75, 3.05) is 12.8 Å². The second kappa shape index (κ2) is 8.73. The molecule has 0 aromatic heterocycles. The summed E-state index contributed by atoms with van der Waals surface area (Å²) < 4.78 is 26.2. The number of nitrogens with one attached hydrogen (secondary N) is 1. The molecule has 1 amide bonds. The normalized spacial score (nSPS) is 16.6. The first-order valence-corrected chi connectivity index (χ1v) is 10.5. The molecular formula is C16H22BrN3O3S. The molecule has 1 aromatic carbocycles. The summed E-state index contributed by atoms with van der Waals surface area (Å²) >= 11 is 3.36. The fourth-order valence-electron chi connectivity index (χ4n) is 2.83. The van der Waals surface area contributed by atoms with Crippen LogP contribution in [0.1, 0.15) is 37.7 Å². The van der Waals surface area contributed by atoms with Crippen LogP contribution in [-0.4, -0.2) is 43.7 Å². The first kappa shape index (κ1) is 19.1. The number of halogens is 1. The van der Waals surface area contributed by atoms with Gasteiger partial charge in [0.2, 0.25) is 10.0 Å². The number of benzene rings is 1. The van der Waals surface area contributed by atoms with Crippen LogP contribution in [0.25, 0.3) is 0 Å². The van der Waals surface area contributed by atoms with E-state index in [2.05, 4.69) is 26.5 Å². The molecule has 0 unspecified atom stereocenters. The van der Waals surface area contributed by atoms with Crippen molar-refractivity contribution < 1.29 is 13.2 Å². The summed E-state index contributed by atoms with van der Waals surface area (Å²) in [6, 6.07) is 7.38. The predicted octanol–water partition coefficient (Wildman–Crippen LogP) is 2.49. The third-order valence-corrected chi connectivity index (χ3v) is 5.73. The maximum atomic E-state index is 12.1. The Morgan fingerprint density at radius 3 is 2.71 bits per heavy atom. The molecule has 0 saturated heterocycles. The molecule has 0 spiro atoms. The number of hydrogen-bond donors (Lipinski definition) is 1. The zero-order valence-corrected chi connectivity index (χ0v) is 16.0. The lowest BCUT2D eigenvalue weighted by molar-refractivity contribution is -0.121. The highest BCUT2D eigenvalue weighted by atomic mass is 79.9. The van der Waals surface area contributed by atoms with E-state index >= 15 is 0 Å². The lowest BCUT2D eigenvalue weighted by atomic mass is 9.95. The summed E-state index contributed by atoms with van der Waals surface area (Å²) in [6.45, 7) is -0.195. The van der Waals surface area contributed by atoms with Gasteiger partial charge in [-0.2, -0.15) is 9.41 Å². The zero-order valence-electron chi connectivity index (χ0n) is 13.6. The van der Waals surface area contributed by atoms with Gasteiger partial charge in [0.05, 0.1) is 19.0 Å². The summed E-state index contributed by atoms with van der Waals surface area (Å²) in [5.41, 5.74) is 3.23. The number of amides is 1. The number of carbonyl (C=O) groups is 1. The van der Waals surface area contributed by atoms with Crippen LogP contribution < -0.4 is 5.43 Å². The molecule has 8 heteroatoms. The van der Waals surface area contributed by atoms with Gasteiger partial charge in [-0.15, -0.1) is 0 Å². The molecule has 0 radical (unpaired) electrons. The molecule has 24 heavy (non-hydrogen) atoms. The first-order valence-electron chi connectivity index (χ1n) is 7.90. The Morgan fingerprint density at radius 1 is 1.38 bits per heavy atom. The summed E-state index contributed by atoms with van der Waals surface area (Å²) in [5.74, 6) is -0.433. The highest BCUT2D eigenvalue weighted by molar-refractivity contribution is 9.10. The van der Waals surface area contributed by atoms with Crippen LogP contribution in [0.15, 0.2) is 33.8 Å². The standard InChI is InChI=1S/C16H22BrN3O3S/c1-24(22,23)20(15-8-3-2-4-9-15)12-16(21)19-18-11-13-6-5-7-14(17)10-13/h5-7,10-11,15H,2-4,8-9,12H2,1H3,(H,19,21). The highest BCUT2D eigenvalue weighted by Crippen LogP contribution is 2.24. The van der Waals surface area contributed by atoms with E-state index in [0.717, 1.165) is 48.4 Å². The Labute approximate surface area is 151 Å². The predicted molar refractivity (Wildman–Crippen MR) is 98.3 cm³/mol. The third kappa shape index (κ3) is 5.99. The largest absolute Gasteiger partial charge is 0.272 e. The highest BCUT2D eigenvalue weighted by Gasteiger charge is 2.29. The van der Waals surface area contributed by atoms with E-state index in [1.54, 1.807) is 0 Å². The van der Waals surface area contributed by atoms with E-state index in [4.69, 9.17) is 0 Å². The Bertz CT molecular complexity index is 700. The molecule has 0 heterocycles. The molecular weight excluding hydrogens is 394 g/mol. The molecule has 1 N–H and O–H groups in total. The monoisotopic (exact) mass is 415 g/mol. The third-order valence-electron chi connectivity index (χ3n) is 3.96. The van der Waals surface area contributed by atoms with Crippen LogP contribution in [0.3, 0.4) is 0 Å². The molecule has 132 valence electrons. The van der Waals surface area contributed by atoms with Gasteiger partial charge >= 0.3 is 0 Å². The van der Waals surface area contributed by atoms with Crippen molar-refractivity contribution in [2.45, 2.75) is 38.1 Å². The summed E-state index contributed by atoms with van der Waals surface area (Å²) in [4.78, 5) is 12.1. The van der Waals surface area contributed by atoms with Crippen molar-refractivity contribution >= 4 is 38.1 Å². The molecule has 0 bridgehead atoms. The molecule has 1 saturated carbocycles. The Hall–Kier alpha value is -1.25. The van der Waals surface area contributed by atoms with Crippen LogP contribution in [0.4, 0.5) is 0 Å². The molecule has 6 nitrogen and oxygen atoms in total. The summed E-state index contributed by atoms with van der Waals surface area (Å²) in [5, 5.41) is 3.90. The van der Waals surface area contributed by atoms with Crippen molar-refractivity contribution in [1.82, 2.24) is 9.73 Å². The molecule has 0 atom stereocenters. The van der Waals surface area contributed by atoms with Gasteiger partial charge < -0.3 is 0 Å². The van der Waals surface area contributed by atoms with E-state index in [-0.39, 0.29) is 12.6 Å². The SMILES string of the molecule is CS(=O)(=O)N(CC(=O)NN=Cc1cccc(Br)c1)C1CCCCC1. The zero-order chi connectivity index (χ0) is 17.6. The number of rotatable bonds is 6. The minimum Gasteiger partial charge on any atom is -0.272 e. The van der Waals surface area contributed by atoms with Crippen LogP contribution >= 0.6 is 15.9 Å². The van der Waals surface area contributed by atoms with Crippen LogP contribution in [-0.2, 0) is 14.8 Å². The Balaban J connectivity index is 1.95. The Morgan fingerprint density at radius 2 is 2.08 bits per heavy atom. The van der Waals surface area contributed by atoms with E-state index in [1.165, 1.54) is 10.5 Å². The maximum absolute atomic E-state index is 12.1. The summed E-state index contributed by atoms with van der Waals surface area (Å²) in [6.07, 6.45) is 7.41. The maximum Gasteiger partial charge on any atom is 0.255 e. The van der Waals surface area contributed by atoms with E-state index < -0.39 is 15.9 Å². The lowest BCUT2D eigenvalue weighted by Gasteiger charge is -2.31. The van der Waals surface area contributed by atoms with Gasteiger partial charge in [0.1, 0.15) is 0 Å². The number of hydrazone groups is 1. The van der Waals surface area contributed by atoms with Gasteiger partial charge in [-0.1, -0.05) is 47.3 Å². The molecule has 1 aromatic rings. The number of carbonyl (C=O) groups excluding carboxylic acids is 1. The van der Waals surface area contributed by atoms with Crippen LogP contribution in [0.2, 0.25) is 0 Å². The molecule has 1 aliphatic carbocycles. The smallest absolute Gasteiger partial charge is 0.255 e. The minimum absolute atomic E-state index is 0.0893. The lowest BCUT2D eigenvalue weighted by Crippen LogP contribution is -2.45. The van der Waals surface area contributed by atoms with Gasteiger partial charge in [-0.05, 0) is 30.5 Å². The van der Waals surface area contributed by atoms with E-state index in [0.29, 0.717) is 0 Å². The van der Waals surface area contributed by atoms with Crippen LogP contribution in [0.5, 0.6) is 0 Å². The summed E-state index contributed by atoms with van der Waals surface area (Å²) in [7, 11) is -3.43. The van der Waals surface area contributed by atoms with Crippen molar-refractivity contribution in [3.8, 4) is 0 Å². The van der Waals surface area contributed by atoms with E-state index in [9.17, 15) is 13.2 Å². The number of hydrogen-bond acceptors (Lipinski definition) is 4. The van der Waals surface area contributed by atoms with Gasteiger partial charge in [0.15, 0.2) is 0 Å². The van der Waals surface area contributed by atoms with Gasteiger partial charge in [-0.3, -0.25) is 4.79 Å². The van der Waals surface area contributed by atoms with Gasteiger partial charge in [-0.25, -0.2) is 13.8 Å². The van der Waals surface area contributed by atoms with Crippen molar-refractivity contribution in [2.24, 2.45) is 5.10 Å². The first-order chi connectivity index (χ1) is 11.4. The van der Waals surface area contributed by atoms with Gasteiger partial charge in [0, 0.05) is 10.5 Å². The molecule has 1 fully saturated rings. The minimum atomic E-state index is -3.43. The average molecular weight is 416 g/mol. The quantitative estimate of drug-likeness (QED) is 0.572. The topological polar surface area (TPSA) is 78.8 Å². The number of nitrogens with zero attached hydrogens (tertiary/aromatic N) is 2. The molecule has 2 rings (SSSR count). The van der Waals surface area contributed by atoms with Gasteiger partial charge in [0.25, 0.3) is 5.91 Å². The average Bonchev–Trinajstić information content (AvgIpc) is 2.52. The molecule has 1 aliphatic rings.